The molecule has 2 aliphatic rings. The van der Waals surface area contributed by atoms with Crippen molar-refractivity contribution >= 4 is 0 Å². The van der Waals surface area contributed by atoms with Gasteiger partial charge in [-0.3, -0.25) is 0 Å². The zero-order valence-corrected chi connectivity index (χ0v) is 14.0. The first kappa shape index (κ1) is 16.3. The Morgan fingerprint density at radius 3 is 2.10 bits per heavy atom. The molecule has 0 spiro atoms. The van der Waals surface area contributed by atoms with Crippen molar-refractivity contribution in [2.75, 3.05) is 6.54 Å². The summed E-state index contributed by atoms with van der Waals surface area (Å²) in [6.45, 7) is 5.79. The van der Waals surface area contributed by atoms with Crippen LogP contribution in [0.25, 0.3) is 0 Å². The van der Waals surface area contributed by atoms with E-state index in [0.29, 0.717) is 0 Å². The third-order valence-corrected chi connectivity index (χ3v) is 5.96. The fourth-order valence-corrected chi connectivity index (χ4v) is 4.78. The Morgan fingerprint density at radius 1 is 0.850 bits per heavy atom. The van der Waals surface area contributed by atoms with E-state index in [2.05, 4.69) is 19.2 Å². The Kier molecular flexibility index (Phi) is 7.41. The summed E-state index contributed by atoms with van der Waals surface area (Å²) in [6, 6.07) is 0.840. The summed E-state index contributed by atoms with van der Waals surface area (Å²) in [5.41, 5.74) is 0. The number of hydrogen-bond acceptors (Lipinski definition) is 1. The normalized spacial score (nSPS) is 30.3. The maximum atomic E-state index is 3.88. The van der Waals surface area contributed by atoms with E-state index in [0.717, 1.165) is 30.3 Å². The molecule has 0 radical (unpaired) electrons. The molecule has 118 valence electrons. The molecule has 0 aromatic rings. The molecular weight excluding hydrogens is 242 g/mol. The van der Waals surface area contributed by atoms with Gasteiger partial charge in [-0.25, -0.2) is 0 Å². The second-order valence-corrected chi connectivity index (χ2v) is 7.40. The first-order valence-corrected chi connectivity index (χ1v) is 9.58. The molecule has 1 atom stereocenters. The van der Waals surface area contributed by atoms with Crippen LogP contribution in [-0.4, -0.2) is 12.6 Å². The standard InChI is InChI=1S/C19H37N/c1-3-5-9-16-12-14-18(15-13-16)19(20-4-2)17-10-7-6-8-11-17/h16-20H,3-15H2,1-2H3. The highest BCUT2D eigenvalue weighted by molar-refractivity contribution is 4.87. The number of hydrogen-bond donors (Lipinski definition) is 1. The maximum Gasteiger partial charge on any atom is 0.0123 e. The molecule has 1 unspecified atom stereocenters. The van der Waals surface area contributed by atoms with Crippen molar-refractivity contribution in [1.82, 2.24) is 5.32 Å². The van der Waals surface area contributed by atoms with Crippen LogP contribution in [0.3, 0.4) is 0 Å². The van der Waals surface area contributed by atoms with Gasteiger partial charge in [-0.05, 0) is 50.0 Å². The van der Waals surface area contributed by atoms with Gasteiger partial charge in [0.15, 0.2) is 0 Å². The quantitative estimate of drug-likeness (QED) is 0.645. The fraction of sp³-hybridized carbons (Fsp3) is 1.00. The van der Waals surface area contributed by atoms with E-state index in [1.165, 1.54) is 77.0 Å². The average Bonchev–Trinajstić information content (AvgIpc) is 2.52. The van der Waals surface area contributed by atoms with E-state index in [-0.39, 0.29) is 0 Å². The molecule has 0 aliphatic heterocycles. The highest BCUT2D eigenvalue weighted by atomic mass is 14.9. The van der Waals surface area contributed by atoms with Crippen molar-refractivity contribution < 1.29 is 0 Å². The molecule has 0 bridgehead atoms. The minimum atomic E-state index is 0.840. The lowest BCUT2D eigenvalue weighted by atomic mass is 9.71. The number of unbranched alkanes of at least 4 members (excludes halogenated alkanes) is 1. The number of nitrogens with one attached hydrogen (secondary N) is 1. The minimum Gasteiger partial charge on any atom is -0.314 e. The highest BCUT2D eigenvalue weighted by Gasteiger charge is 2.32. The zero-order chi connectivity index (χ0) is 14.2. The Hall–Kier alpha value is -0.0400. The van der Waals surface area contributed by atoms with Crippen LogP contribution in [0.4, 0.5) is 0 Å². The SMILES string of the molecule is CCCCC1CCC(C(NCC)C2CCCCC2)CC1. The first-order chi connectivity index (χ1) is 9.85. The van der Waals surface area contributed by atoms with Gasteiger partial charge >= 0.3 is 0 Å². The summed E-state index contributed by atoms with van der Waals surface area (Å²) in [5.74, 6) is 3.02. The van der Waals surface area contributed by atoms with E-state index in [9.17, 15) is 0 Å². The summed E-state index contributed by atoms with van der Waals surface area (Å²) >= 11 is 0. The van der Waals surface area contributed by atoms with Crippen molar-refractivity contribution in [2.24, 2.45) is 17.8 Å². The second kappa shape index (κ2) is 9.07. The van der Waals surface area contributed by atoms with Crippen LogP contribution in [0.5, 0.6) is 0 Å². The molecule has 2 rings (SSSR count). The van der Waals surface area contributed by atoms with Crippen LogP contribution < -0.4 is 5.32 Å². The van der Waals surface area contributed by atoms with E-state index in [4.69, 9.17) is 0 Å². The molecule has 2 aliphatic carbocycles. The van der Waals surface area contributed by atoms with Crippen molar-refractivity contribution in [3.8, 4) is 0 Å². The minimum absolute atomic E-state index is 0.840. The van der Waals surface area contributed by atoms with Gasteiger partial charge in [0.2, 0.25) is 0 Å². The van der Waals surface area contributed by atoms with E-state index >= 15 is 0 Å². The molecule has 2 saturated carbocycles. The smallest absolute Gasteiger partial charge is 0.0123 e. The molecule has 0 amide bonds. The Balaban J connectivity index is 1.81. The molecular formula is C19H37N. The van der Waals surface area contributed by atoms with Crippen molar-refractivity contribution in [3.05, 3.63) is 0 Å². The molecule has 1 heteroatoms. The third-order valence-electron chi connectivity index (χ3n) is 5.96. The molecule has 1 nitrogen and oxygen atoms in total. The van der Waals surface area contributed by atoms with Crippen LogP contribution in [0.15, 0.2) is 0 Å². The fourth-order valence-electron chi connectivity index (χ4n) is 4.78. The Labute approximate surface area is 127 Å². The molecule has 2 fully saturated rings. The topological polar surface area (TPSA) is 12.0 Å². The highest BCUT2D eigenvalue weighted by Crippen LogP contribution is 2.38. The van der Waals surface area contributed by atoms with Gasteiger partial charge in [-0.1, -0.05) is 65.2 Å². The lowest BCUT2D eigenvalue weighted by molar-refractivity contribution is 0.151. The van der Waals surface area contributed by atoms with Crippen LogP contribution in [0, 0.1) is 17.8 Å². The summed E-state index contributed by atoms with van der Waals surface area (Å²) in [5, 5.41) is 3.88. The predicted octanol–water partition coefficient (Wildman–Crippen LogP) is 5.54. The predicted molar refractivity (Wildman–Crippen MR) is 89.0 cm³/mol. The summed E-state index contributed by atoms with van der Waals surface area (Å²) in [7, 11) is 0. The maximum absolute atomic E-state index is 3.88. The van der Waals surface area contributed by atoms with Gasteiger partial charge in [0.1, 0.15) is 0 Å². The van der Waals surface area contributed by atoms with Crippen LogP contribution in [0.2, 0.25) is 0 Å². The Morgan fingerprint density at radius 2 is 1.50 bits per heavy atom. The van der Waals surface area contributed by atoms with Gasteiger partial charge in [-0.15, -0.1) is 0 Å². The molecule has 0 saturated heterocycles. The number of rotatable bonds is 7. The molecule has 0 aromatic heterocycles. The molecule has 1 N–H and O–H groups in total. The van der Waals surface area contributed by atoms with Crippen LogP contribution >= 0.6 is 0 Å². The van der Waals surface area contributed by atoms with Crippen LogP contribution in [-0.2, 0) is 0 Å². The summed E-state index contributed by atoms with van der Waals surface area (Å²) < 4.78 is 0. The van der Waals surface area contributed by atoms with E-state index in [1.807, 2.05) is 0 Å². The van der Waals surface area contributed by atoms with Gasteiger partial charge in [0.05, 0.1) is 0 Å². The molecule has 0 aromatic carbocycles. The lowest BCUT2D eigenvalue weighted by Gasteiger charge is -2.40. The van der Waals surface area contributed by atoms with Gasteiger partial charge < -0.3 is 5.32 Å². The van der Waals surface area contributed by atoms with Crippen LogP contribution in [0.1, 0.15) is 90.9 Å². The van der Waals surface area contributed by atoms with E-state index in [1.54, 1.807) is 0 Å². The Bertz CT molecular complexity index is 236. The molecule has 20 heavy (non-hydrogen) atoms. The largest absolute Gasteiger partial charge is 0.314 e. The average molecular weight is 280 g/mol. The van der Waals surface area contributed by atoms with Gasteiger partial charge in [-0.2, -0.15) is 0 Å². The second-order valence-electron chi connectivity index (χ2n) is 7.40. The summed E-state index contributed by atoms with van der Waals surface area (Å²) in [6.07, 6.45) is 17.8. The summed E-state index contributed by atoms with van der Waals surface area (Å²) in [4.78, 5) is 0. The molecule has 0 heterocycles. The van der Waals surface area contributed by atoms with Gasteiger partial charge in [0.25, 0.3) is 0 Å². The van der Waals surface area contributed by atoms with Crippen molar-refractivity contribution in [1.29, 1.82) is 0 Å². The van der Waals surface area contributed by atoms with Crippen molar-refractivity contribution in [2.45, 2.75) is 96.9 Å². The van der Waals surface area contributed by atoms with Crippen molar-refractivity contribution in [3.63, 3.8) is 0 Å². The zero-order valence-electron chi connectivity index (χ0n) is 14.0. The lowest BCUT2D eigenvalue weighted by Crippen LogP contribution is -2.44. The third kappa shape index (κ3) is 4.76. The van der Waals surface area contributed by atoms with E-state index < -0.39 is 0 Å². The van der Waals surface area contributed by atoms with Gasteiger partial charge in [0, 0.05) is 6.04 Å². The monoisotopic (exact) mass is 279 g/mol. The first-order valence-electron chi connectivity index (χ1n) is 9.58.